The fourth-order valence-electron chi connectivity index (χ4n) is 1.99. The van der Waals surface area contributed by atoms with Crippen LogP contribution in [0.5, 0.6) is 5.75 Å². The molecular formula is C15H16N2O3. The molecule has 2 N–H and O–H groups in total. The Hall–Kier alpha value is -2.32. The monoisotopic (exact) mass is 272 g/mol. The van der Waals surface area contributed by atoms with Gasteiger partial charge in [0.1, 0.15) is 17.4 Å². The van der Waals surface area contributed by atoms with Crippen LogP contribution >= 0.6 is 0 Å². The van der Waals surface area contributed by atoms with E-state index in [9.17, 15) is 9.90 Å². The van der Waals surface area contributed by atoms with Gasteiger partial charge in [0.05, 0.1) is 6.10 Å². The van der Waals surface area contributed by atoms with E-state index in [2.05, 4.69) is 5.32 Å². The topological polar surface area (TPSA) is 82.3 Å². The van der Waals surface area contributed by atoms with E-state index in [1.807, 2.05) is 6.07 Å². The minimum Gasteiger partial charge on any atom is -0.508 e. The minimum absolute atomic E-state index is 0.0358. The summed E-state index contributed by atoms with van der Waals surface area (Å²) < 4.78 is 5.40. The summed E-state index contributed by atoms with van der Waals surface area (Å²) in [5, 5.41) is 20.9. The summed E-state index contributed by atoms with van der Waals surface area (Å²) >= 11 is 0. The van der Waals surface area contributed by atoms with Crippen molar-refractivity contribution in [2.45, 2.75) is 18.9 Å². The molecule has 5 heteroatoms. The van der Waals surface area contributed by atoms with Crippen LogP contribution < -0.4 is 5.32 Å². The van der Waals surface area contributed by atoms with Gasteiger partial charge in [0.2, 0.25) is 0 Å². The van der Waals surface area contributed by atoms with Gasteiger partial charge in [-0.15, -0.1) is 0 Å². The molecule has 104 valence electrons. The van der Waals surface area contributed by atoms with Crippen LogP contribution in [-0.4, -0.2) is 30.3 Å². The van der Waals surface area contributed by atoms with Gasteiger partial charge in [-0.25, -0.2) is 0 Å². The zero-order valence-electron chi connectivity index (χ0n) is 11.0. The van der Waals surface area contributed by atoms with Gasteiger partial charge in [0.15, 0.2) is 0 Å². The van der Waals surface area contributed by atoms with Crippen molar-refractivity contribution in [1.29, 1.82) is 5.26 Å². The molecule has 1 aliphatic heterocycles. The lowest BCUT2D eigenvalue weighted by Gasteiger charge is -2.10. The van der Waals surface area contributed by atoms with Crippen molar-refractivity contribution in [3.8, 4) is 11.8 Å². The highest BCUT2D eigenvalue weighted by atomic mass is 16.5. The van der Waals surface area contributed by atoms with Crippen molar-refractivity contribution < 1.29 is 14.6 Å². The van der Waals surface area contributed by atoms with Crippen LogP contribution in [0.25, 0.3) is 6.08 Å². The van der Waals surface area contributed by atoms with Crippen LogP contribution in [0.3, 0.4) is 0 Å². The molecule has 2 rings (SSSR count). The van der Waals surface area contributed by atoms with Gasteiger partial charge in [-0.2, -0.15) is 5.26 Å². The van der Waals surface area contributed by atoms with E-state index in [0.717, 1.165) is 19.4 Å². The zero-order valence-corrected chi connectivity index (χ0v) is 11.0. The molecule has 0 aromatic heterocycles. The van der Waals surface area contributed by atoms with Crippen LogP contribution in [0.1, 0.15) is 18.4 Å². The van der Waals surface area contributed by atoms with Crippen molar-refractivity contribution in [2.75, 3.05) is 13.2 Å². The van der Waals surface area contributed by atoms with E-state index < -0.39 is 5.91 Å². The van der Waals surface area contributed by atoms with E-state index in [-0.39, 0.29) is 17.4 Å². The molecule has 0 spiro atoms. The van der Waals surface area contributed by atoms with Crippen LogP contribution in [0.2, 0.25) is 0 Å². The standard InChI is InChI=1S/C15H16N2O3/c16-9-12(8-11-3-5-13(18)6-4-11)15(19)17-10-14-2-1-7-20-14/h3-6,8,14,18H,1-2,7,10H2,(H,17,19)/b12-8+/t14-/m0/s1. The van der Waals surface area contributed by atoms with Crippen molar-refractivity contribution in [3.63, 3.8) is 0 Å². The maximum Gasteiger partial charge on any atom is 0.262 e. The third kappa shape index (κ3) is 3.84. The summed E-state index contributed by atoms with van der Waals surface area (Å²) in [5.41, 5.74) is 0.723. The number of nitrogens with zero attached hydrogens (tertiary/aromatic N) is 1. The first-order valence-electron chi connectivity index (χ1n) is 6.49. The lowest BCUT2D eigenvalue weighted by molar-refractivity contribution is -0.117. The Balaban J connectivity index is 1.97. The Kier molecular flexibility index (Phi) is 4.75. The molecule has 0 unspecified atom stereocenters. The number of amides is 1. The quantitative estimate of drug-likeness (QED) is 0.644. The third-order valence-corrected chi connectivity index (χ3v) is 3.08. The molecule has 0 saturated carbocycles. The number of phenolic OH excluding ortho intramolecular Hbond substituents is 1. The summed E-state index contributed by atoms with van der Waals surface area (Å²) in [6, 6.07) is 8.17. The van der Waals surface area contributed by atoms with Crippen LogP contribution in [0.4, 0.5) is 0 Å². The second-order valence-electron chi connectivity index (χ2n) is 4.61. The molecule has 0 radical (unpaired) electrons. The molecule has 1 saturated heterocycles. The molecule has 1 fully saturated rings. The predicted molar refractivity (Wildman–Crippen MR) is 73.7 cm³/mol. The largest absolute Gasteiger partial charge is 0.508 e. The number of carbonyl (C=O) groups excluding carboxylic acids is 1. The van der Waals surface area contributed by atoms with Gasteiger partial charge in [-0.1, -0.05) is 12.1 Å². The van der Waals surface area contributed by atoms with E-state index in [4.69, 9.17) is 10.00 Å². The number of nitriles is 1. The highest BCUT2D eigenvalue weighted by molar-refractivity contribution is 6.01. The Morgan fingerprint density at radius 1 is 1.50 bits per heavy atom. The molecule has 1 aliphatic rings. The molecule has 1 aromatic carbocycles. The SMILES string of the molecule is N#C/C(=C\c1ccc(O)cc1)C(=O)NC[C@@H]1CCCO1. The minimum atomic E-state index is -0.406. The summed E-state index contributed by atoms with van der Waals surface area (Å²) in [6.45, 7) is 1.16. The van der Waals surface area contributed by atoms with Crippen LogP contribution in [0, 0.1) is 11.3 Å². The van der Waals surface area contributed by atoms with Crippen molar-refractivity contribution in [1.82, 2.24) is 5.32 Å². The molecule has 1 atom stereocenters. The fourth-order valence-corrected chi connectivity index (χ4v) is 1.99. The first-order valence-corrected chi connectivity index (χ1v) is 6.49. The molecule has 0 bridgehead atoms. The smallest absolute Gasteiger partial charge is 0.262 e. The maximum absolute atomic E-state index is 11.9. The Labute approximate surface area is 117 Å². The average molecular weight is 272 g/mol. The number of hydrogen-bond donors (Lipinski definition) is 2. The lowest BCUT2D eigenvalue weighted by Crippen LogP contribution is -2.32. The molecule has 0 aliphatic carbocycles. The van der Waals surface area contributed by atoms with Gasteiger partial charge >= 0.3 is 0 Å². The number of carbonyl (C=O) groups is 1. The number of phenols is 1. The summed E-state index contributed by atoms with van der Waals surface area (Å²) in [7, 11) is 0. The van der Waals surface area contributed by atoms with Crippen LogP contribution in [0.15, 0.2) is 29.8 Å². The second kappa shape index (κ2) is 6.73. The van der Waals surface area contributed by atoms with E-state index in [0.29, 0.717) is 12.1 Å². The highest BCUT2D eigenvalue weighted by Gasteiger charge is 2.17. The molecule has 1 amide bonds. The van der Waals surface area contributed by atoms with Crippen LogP contribution in [-0.2, 0) is 9.53 Å². The van der Waals surface area contributed by atoms with Crippen molar-refractivity contribution in [3.05, 3.63) is 35.4 Å². The molecule has 1 aromatic rings. The summed E-state index contributed by atoms with van der Waals surface area (Å²) in [5.74, 6) is -0.264. The summed E-state index contributed by atoms with van der Waals surface area (Å²) in [6.07, 6.45) is 3.48. The predicted octanol–water partition coefficient (Wildman–Crippen LogP) is 1.59. The van der Waals surface area contributed by atoms with Gasteiger partial charge in [-0.3, -0.25) is 4.79 Å². The maximum atomic E-state index is 11.9. The summed E-state index contributed by atoms with van der Waals surface area (Å²) in [4.78, 5) is 11.9. The number of ether oxygens (including phenoxy) is 1. The van der Waals surface area contributed by atoms with E-state index >= 15 is 0 Å². The average Bonchev–Trinajstić information content (AvgIpc) is 2.97. The van der Waals surface area contributed by atoms with E-state index in [1.165, 1.54) is 18.2 Å². The first-order chi connectivity index (χ1) is 9.69. The van der Waals surface area contributed by atoms with Gasteiger partial charge in [-0.05, 0) is 36.6 Å². The van der Waals surface area contributed by atoms with E-state index in [1.54, 1.807) is 12.1 Å². The zero-order chi connectivity index (χ0) is 14.4. The van der Waals surface area contributed by atoms with Crippen molar-refractivity contribution >= 4 is 12.0 Å². The second-order valence-corrected chi connectivity index (χ2v) is 4.61. The number of hydrogen-bond acceptors (Lipinski definition) is 4. The van der Waals surface area contributed by atoms with Gasteiger partial charge in [0, 0.05) is 13.2 Å². The van der Waals surface area contributed by atoms with Gasteiger partial charge < -0.3 is 15.2 Å². The number of nitrogens with one attached hydrogen (secondary N) is 1. The molecule has 1 heterocycles. The molecular weight excluding hydrogens is 256 g/mol. The Morgan fingerprint density at radius 3 is 2.85 bits per heavy atom. The normalized spacial score (nSPS) is 18.6. The number of benzene rings is 1. The lowest BCUT2D eigenvalue weighted by atomic mass is 10.1. The third-order valence-electron chi connectivity index (χ3n) is 3.08. The number of aromatic hydroxyl groups is 1. The molecule has 5 nitrogen and oxygen atoms in total. The molecule has 20 heavy (non-hydrogen) atoms. The Morgan fingerprint density at radius 2 is 2.25 bits per heavy atom. The number of rotatable bonds is 4. The fraction of sp³-hybridized carbons (Fsp3) is 0.333. The van der Waals surface area contributed by atoms with Crippen molar-refractivity contribution in [2.24, 2.45) is 0 Å². The van der Waals surface area contributed by atoms with Gasteiger partial charge in [0.25, 0.3) is 5.91 Å². The highest BCUT2D eigenvalue weighted by Crippen LogP contribution is 2.13. The first kappa shape index (κ1) is 14.1. The Bertz CT molecular complexity index is 537.